The van der Waals surface area contributed by atoms with Crippen molar-refractivity contribution >= 4 is 49.7 Å². The van der Waals surface area contributed by atoms with Crippen LogP contribution in [0.3, 0.4) is 0 Å². The number of thiophene rings is 2. The number of nitrogen functional groups attached to an aromatic ring is 1. The zero-order valence-electron chi connectivity index (χ0n) is 15.0. The number of carbonyl (C=O) groups excluding carboxylic acids is 1. The number of hydrogen-bond acceptors (Lipinski definition) is 8. The summed E-state index contributed by atoms with van der Waals surface area (Å²) < 4.78 is 5.18. The Balaban J connectivity index is 1.73. The van der Waals surface area contributed by atoms with E-state index < -0.39 is 0 Å². The quantitative estimate of drug-likeness (QED) is 0.689. The monoisotopic (exact) mass is 388 g/mol. The molecule has 0 aliphatic carbocycles. The second-order valence-corrected chi connectivity index (χ2v) is 8.32. The summed E-state index contributed by atoms with van der Waals surface area (Å²) in [4.78, 5) is 25.9. The van der Waals surface area contributed by atoms with E-state index in [4.69, 9.17) is 15.5 Å². The first kappa shape index (κ1) is 17.2. The summed E-state index contributed by atoms with van der Waals surface area (Å²) >= 11 is 3.13. The highest BCUT2D eigenvalue weighted by molar-refractivity contribution is 7.17. The van der Waals surface area contributed by atoms with E-state index in [1.165, 1.54) is 16.9 Å². The molecule has 4 rings (SSSR count). The van der Waals surface area contributed by atoms with Crippen molar-refractivity contribution in [1.82, 2.24) is 9.97 Å². The van der Waals surface area contributed by atoms with Gasteiger partial charge in [0.15, 0.2) is 0 Å². The highest BCUT2D eigenvalue weighted by Crippen LogP contribution is 2.39. The Morgan fingerprint density at radius 1 is 1.38 bits per heavy atom. The lowest BCUT2D eigenvalue weighted by Gasteiger charge is -2.29. The Kier molecular flexibility index (Phi) is 4.32. The van der Waals surface area contributed by atoms with Crippen molar-refractivity contribution in [2.45, 2.75) is 33.7 Å². The molecule has 1 aliphatic heterocycles. The molecular weight excluding hydrogens is 368 g/mol. The van der Waals surface area contributed by atoms with Gasteiger partial charge < -0.3 is 15.4 Å². The molecule has 0 radical (unpaired) electrons. The van der Waals surface area contributed by atoms with Crippen LogP contribution in [0.4, 0.5) is 10.8 Å². The lowest BCUT2D eigenvalue weighted by atomic mass is 10.0. The van der Waals surface area contributed by atoms with Crippen LogP contribution in [0.1, 0.15) is 39.1 Å². The number of hydrogen-bond donors (Lipinski definition) is 1. The number of nitrogens with two attached hydrogens (primary N) is 1. The maximum Gasteiger partial charge on any atom is 0.341 e. The molecule has 0 fully saturated rings. The van der Waals surface area contributed by atoms with Crippen LogP contribution in [0, 0.1) is 13.8 Å². The SMILES string of the molecule is CCOC(=O)c1c(N)sc2c1CCN(c1nc(C)nc3scc(C)c13)C2. The zero-order valence-corrected chi connectivity index (χ0v) is 16.6. The smallest absolute Gasteiger partial charge is 0.341 e. The van der Waals surface area contributed by atoms with Crippen LogP contribution < -0.4 is 10.6 Å². The standard InChI is InChI=1S/C18H20N4O2S2/c1-4-24-18(23)14-11-5-6-22(7-12(11)26-15(14)19)16-13-9(2)8-25-17(13)21-10(3)20-16/h8H,4-7,19H2,1-3H3. The fourth-order valence-electron chi connectivity index (χ4n) is 3.43. The van der Waals surface area contributed by atoms with Crippen LogP contribution in [0.15, 0.2) is 5.38 Å². The number of fused-ring (bicyclic) bond motifs is 2. The van der Waals surface area contributed by atoms with Crippen LogP contribution >= 0.6 is 22.7 Å². The van der Waals surface area contributed by atoms with Crippen LogP contribution in [-0.4, -0.2) is 29.1 Å². The van der Waals surface area contributed by atoms with E-state index in [9.17, 15) is 4.79 Å². The summed E-state index contributed by atoms with van der Waals surface area (Å²) in [5.74, 6) is 1.43. The van der Waals surface area contributed by atoms with E-state index in [0.29, 0.717) is 23.7 Å². The molecule has 1 aliphatic rings. The van der Waals surface area contributed by atoms with E-state index in [2.05, 4.69) is 22.2 Å². The number of aryl methyl sites for hydroxylation is 2. The van der Waals surface area contributed by atoms with E-state index >= 15 is 0 Å². The van der Waals surface area contributed by atoms with Gasteiger partial charge in [0.05, 0.1) is 24.1 Å². The first-order valence-corrected chi connectivity index (χ1v) is 10.2. The molecule has 0 bridgehead atoms. The Bertz CT molecular complexity index is 1010. The fourth-order valence-corrected chi connectivity index (χ4v) is 5.51. The predicted molar refractivity (Wildman–Crippen MR) is 106 cm³/mol. The third kappa shape index (κ3) is 2.73. The predicted octanol–water partition coefficient (Wildman–Crippen LogP) is 3.69. The molecule has 0 saturated heterocycles. The molecule has 136 valence electrons. The molecule has 2 N–H and O–H groups in total. The molecule has 0 atom stereocenters. The first-order chi connectivity index (χ1) is 12.5. The van der Waals surface area contributed by atoms with Gasteiger partial charge in [-0.05, 0) is 43.7 Å². The molecule has 4 heterocycles. The number of aromatic nitrogens is 2. The van der Waals surface area contributed by atoms with Gasteiger partial charge in [-0.15, -0.1) is 22.7 Å². The van der Waals surface area contributed by atoms with Gasteiger partial charge in [0, 0.05) is 11.4 Å². The molecule has 3 aromatic rings. The second-order valence-electron chi connectivity index (χ2n) is 6.33. The summed E-state index contributed by atoms with van der Waals surface area (Å²) in [7, 11) is 0. The fraction of sp³-hybridized carbons (Fsp3) is 0.389. The van der Waals surface area contributed by atoms with Gasteiger partial charge in [0.2, 0.25) is 0 Å². The number of rotatable bonds is 3. The van der Waals surface area contributed by atoms with Gasteiger partial charge in [0.1, 0.15) is 21.5 Å². The second kappa shape index (κ2) is 6.51. The van der Waals surface area contributed by atoms with Gasteiger partial charge in [-0.2, -0.15) is 0 Å². The number of nitrogens with zero attached hydrogens (tertiary/aromatic N) is 3. The van der Waals surface area contributed by atoms with Crippen molar-refractivity contribution in [3.8, 4) is 0 Å². The van der Waals surface area contributed by atoms with E-state index in [0.717, 1.165) is 45.3 Å². The highest BCUT2D eigenvalue weighted by Gasteiger charge is 2.29. The summed E-state index contributed by atoms with van der Waals surface area (Å²) in [6, 6.07) is 0. The zero-order chi connectivity index (χ0) is 18.4. The van der Waals surface area contributed by atoms with Crippen molar-refractivity contribution in [2.75, 3.05) is 23.8 Å². The molecule has 3 aromatic heterocycles. The average Bonchev–Trinajstić information content (AvgIpc) is 3.13. The summed E-state index contributed by atoms with van der Waals surface area (Å²) in [6.45, 7) is 7.67. The van der Waals surface area contributed by atoms with Crippen LogP contribution in [0.5, 0.6) is 0 Å². The minimum atomic E-state index is -0.315. The maximum absolute atomic E-state index is 12.3. The number of esters is 1. The van der Waals surface area contributed by atoms with Gasteiger partial charge in [-0.1, -0.05) is 0 Å². The van der Waals surface area contributed by atoms with Gasteiger partial charge in [-0.3, -0.25) is 0 Å². The van der Waals surface area contributed by atoms with E-state index in [1.54, 1.807) is 18.3 Å². The molecule has 0 amide bonds. The molecule has 0 aromatic carbocycles. The van der Waals surface area contributed by atoms with Crippen LogP contribution in [0.2, 0.25) is 0 Å². The Morgan fingerprint density at radius 3 is 2.96 bits per heavy atom. The summed E-state index contributed by atoms with van der Waals surface area (Å²) in [6.07, 6.45) is 0.755. The van der Waals surface area contributed by atoms with Crippen molar-refractivity contribution in [3.05, 3.63) is 32.8 Å². The molecule has 0 saturated carbocycles. The minimum Gasteiger partial charge on any atom is -0.462 e. The van der Waals surface area contributed by atoms with Crippen LogP contribution in [-0.2, 0) is 17.7 Å². The van der Waals surface area contributed by atoms with Gasteiger partial charge >= 0.3 is 5.97 Å². The average molecular weight is 389 g/mol. The van der Waals surface area contributed by atoms with Crippen molar-refractivity contribution < 1.29 is 9.53 Å². The number of anilines is 2. The molecular formula is C18H20N4O2S2. The van der Waals surface area contributed by atoms with Gasteiger partial charge in [-0.25, -0.2) is 14.8 Å². The summed E-state index contributed by atoms with van der Waals surface area (Å²) in [5.41, 5.74) is 8.92. The van der Waals surface area contributed by atoms with Crippen molar-refractivity contribution in [2.24, 2.45) is 0 Å². The largest absolute Gasteiger partial charge is 0.462 e. The number of carbonyl (C=O) groups is 1. The van der Waals surface area contributed by atoms with Crippen molar-refractivity contribution in [1.29, 1.82) is 0 Å². The Morgan fingerprint density at radius 2 is 2.19 bits per heavy atom. The van der Waals surface area contributed by atoms with Gasteiger partial charge in [0.25, 0.3) is 0 Å². The molecule has 0 spiro atoms. The first-order valence-electron chi connectivity index (χ1n) is 8.54. The lowest BCUT2D eigenvalue weighted by molar-refractivity contribution is 0.0526. The third-order valence-corrected chi connectivity index (χ3v) is 6.61. The topological polar surface area (TPSA) is 81.3 Å². The molecule has 0 unspecified atom stereocenters. The highest BCUT2D eigenvalue weighted by atomic mass is 32.1. The van der Waals surface area contributed by atoms with E-state index in [-0.39, 0.29) is 5.97 Å². The van der Waals surface area contributed by atoms with Crippen LogP contribution in [0.25, 0.3) is 10.2 Å². The molecule has 8 heteroatoms. The third-order valence-electron chi connectivity index (χ3n) is 4.57. The molecule has 6 nitrogen and oxygen atoms in total. The van der Waals surface area contributed by atoms with E-state index in [1.807, 2.05) is 6.92 Å². The maximum atomic E-state index is 12.3. The Hall–Kier alpha value is -2.19. The summed E-state index contributed by atoms with van der Waals surface area (Å²) in [5, 5.41) is 3.80. The normalized spacial score (nSPS) is 13.9. The van der Waals surface area contributed by atoms with Crippen molar-refractivity contribution in [3.63, 3.8) is 0 Å². The molecule has 26 heavy (non-hydrogen) atoms. The Labute approximate surface area is 159 Å². The minimum absolute atomic E-state index is 0.315. The number of ether oxygens (including phenoxy) is 1. The lowest BCUT2D eigenvalue weighted by Crippen LogP contribution is -2.31.